The van der Waals surface area contributed by atoms with Crippen molar-refractivity contribution in [1.82, 2.24) is 9.55 Å². The largest absolute Gasteiger partial charge is 0.481 e. The number of carbonyl (C=O) groups is 1. The van der Waals surface area contributed by atoms with Gasteiger partial charge in [0.05, 0.1) is 17.6 Å². The van der Waals surface area contributed by atoms with Crippen LogP contribution in [0.4, 0.5) is 5.95 Å². The summed E-state index contributed by atoms with van der Waals surface area (Å²) < 4.78 is 6.92. The van der Waals surface area contributed by atoms with E-state index in [1.54, 1.807) is 0 Å². The molecule has 5 heteroatoms. The highest BCUT2D eigenvalue weighted by molar-refractivity contribution is 5.93. The molecule has 19 heavy (non-hydrogen) atoms. The molecular weight excluding hydrogens is 242 g/mol. The van der Waals surface area contributed by atoms with Gasteiger partial charge in [0.2, 0.25) is 11.9 Å². The van der Waals surface area contributed by atoms with E-state index >= 15 is 0 Å². The van der Waals surface area contributed by atoms with Gasteiger partial charge in [-0.1, -0.05) is 19.1 Å². The summed E-state index contributed by atoms with van der Waals surface area (Å²) in [6.07, 6.45) is 0.662. The Morgan fingerprint density at radius 3 is 2.74 bits per heavy atom. The first-order chi connectivity index (χ1) is 9.17. The Morgan fingerprint density at radius 1 is 1.37 bits per heavy atom. The number of hydrogen-bond donors (Lipinski definition) is 0. The van der Waals surface area contributed by atoms with Crippen LogP contribution in [0.15, 0.2) is 29.3 Å². The van der Waals surface area contributed by atoms with Gasteiger partial charge in [-0.05, 0) is 19.1 Å². The quantitative estimate of drug-likeness (QED) is 0.628. The van der Waals surface area contributed by atoms with Crippen LogP contribution in [0, 0.1) is 0 Å². The second-order valence-corrected chi connectivity index (χ2v) is 4.05. The van der Waals surface area contributed by atoms with Crippen LogP contribution in [0.3, 0.4) is 0 Å². The summed E-state index contributed by atoms with van der Waals surface area (Å²) in [4.78, 5) is 20.5. The van der Waals surface area contributed by atoms with Crippen molar-refractivity contribution < 1.29 is 9.53 Å². The molecule has 100 valence electrons. The highest BCUT2D eigenvalue weighted by Crippen LogP contribution is 2.22. The molecule has 1 heterocycles. The van der Waals surface area contributed by atoms with Crippen molar-refractivity contribution in [3.8, 4) is 0 Å². The number of imidazole rings is 1. The molecule has 0 spiro atoms. The molecule has 0 unspecified atom stereocenters. The van der Waals surface area contributed by atoms with Crippen molar-refractivity contribution in [2.75, 3.05) is 6.61 Å². The highest BCUT2D eigenvalue weighted by atomic mass is 16.5. The van der Waals surface area contributed by atoms with Gasteiger partial charge in [0.25, 0.3) is 0 Å². The number of aliphatic imine (C=N–C) groups is 1. The third-order valence-corrected chi connectivity index (χ3v) is 2.70. The van der Waals surface area contributed by atoms with E-state index in [0.717, 1.165) is 11.0 Å². The van der Waals surface area contributed by atoms with E-state index in [1.807, 2.05) is 38.1 Å². The monoisotopic (exact) mass is 259 g/mol. The third-order valence-electron chi connectivity index (χ3n) is 2.70. The topological polar surface area (TPSA) is 56.5 Å². The molecule has 0 amide bonds. The average molecular weight is 259 g/mol. The van der Waals surface area contributed by atoms with Crippen LogP contribution >= 0.6 is 0 Å². The fourth-order valence-corrected chi connectivity index (χ4v) is 1.89. The summed E-state index contributed by atoms with van der Waals surface area (Å²) in [5.41, 5.74) is 1.52. The van der Waals surface area contributed by atoms with Crippen molar-refractivity contribution in [3.63, 3.8) is 0 Å². The maximum absolute atomic E-state index is 11.8. The van der Waals surface area contributed by atoms with Crippen LogP contribution < -0.4 is 0 Å². The van der Waals surface area contributed by atoms with E-state index in [4.69, 9.17) is 4.74 Å². The van der Waals surface area contributed by atoms with Crippen LogP contribution in [-0.2, 0) is 4.74 Å². The van der Waals surface area contributed by atoms with Crippen molar-refractivity contribution in [1.29, 1.82) is 0 Å². The molecule has 0 aliphatic rings. The molecule has 2 aromatic rings. The molecule has 0 aliphatic carbocycles. The molecule has 0 N–H and O–H groups in total. The van der Waals surface area contributed by atoms with Crippen molar-refractivity contribution in [2.24, 2.45) is 4.99 Å². The first kappa shape index (κ1) is 13.3. The van der Waals surface area contributed by atoms with Crippen LogP contribution in [-0.4, -0.2) is 28.0 Å². The summed E-state index contributed by atoms with van der Waals surface area (Å²) in [5.74, 6) is 0.846. The van der Waals surface area contributed by atoms with Gasteiger partial charge >= 0.3 is 0 Å². The van der Waals surface area contributed by atoms with Gasteiger partial charge in [0.1, 0.15) is 0 Å². The molecule has 0 bridgehead atoms. The standard InChI is InChI=1S/C14H17N3O2/c1-4-13(19-5-2)16-14-15-11-8-6-7-9-12(11)17(14)10(3)18/h6-9H,4-5H2,1-3H3/b16-13+. The number of rotatable bonds is 3. The highest BCUT2D eigenvalue weighted by Gasteiger charge is 2.13. The van der Waals surface area contributed by atoms with E-state index in [1.165, 1.54) is 11.5 Å². The van der Waals surface area contributed by atoms with Gasteiger partial charge < -0.3 is 4.74 Å². The smallest absolute Gasteiger partial charge is 0.240 e. The van der Waals surface area contributed by atoms with Crippen LogP contribution in [0.2, 0.25) is 0 Å². The minimum absolute atomic E-state index is 0.112. The average Bonchev–Trinajstić information content (AvgIpc) is 2.76. The molecule has 0 aliphatic heterocycles. The third kappa shape index (κ3) is 2.65. The lowest BCUT2D eigenvalue weighted by atomic mass is 10.3. The SMILES string of the molecule is CCO/C(CC)=N/c1nc2ccccc2n1C(C)=O. The molecule has 2 rings (SSSR count). The Bertz CT molecular complexity index is 629. The molecule has 1 aromatic heterocycles. The van der Waals surface area contributed by atoms with E-state index < -0.39 is 0 Å². The normalized spacial score (nSPS) is 11.8. The second-order valence-electron chi connectivity index (χ2n) is 4.05. The lowest BCUT2D eigenvalue weighted by Crippen LogP contribution is -2.07. The number of fused-ring (bicyclic) bond motifs is 1. The lowest BCUT2D eigenvalue weighted by molar-refractivity contribution is 0.0943. The summed E-state index contributed by atoms with van der Waals surface area (Å²) in [6.45, 7) is 5.90. The fraction of sp³-hybridized carbons (Fsp3) is 0.357. The first-order valence-corrected chi connectivity index (χ1v) is 6.36. The van der Waals surface area contributed by atoms with Crippen molar-refractivity contribution in [3.05, 3.63) is 24.3 Å². The number of carbonyl (C=O) groups excluding carboxylic acids is 1. The van der Waals surface area contributed by atoms with Gasteiger partial charge in [-0.15, -0.1) is 0 Å². The Balaban J connectivity index is 2.59. The Hall–Kier alpha value is -2.17. The van der Waals surface area contributed by atoms with Crippen LogP contribution in [0.5, 0.6) is 0 Å². The second kappa shape index (κ2) is 5.65. The predicted octanol–water partition coefficient (Wildman–Crippen LogP) is 3.17. The van der Waals surface area contributed by atoms with E-state index in [2.05, 4.69) is 9.98 Å². The maximum atomic E-state index is 11.8. The van der Waals surface area contributed by atoms with Gasteiger partial charge in [-0.25, -0.2) is 9.55 Å². The maximum Gasteiger partial charge on any atom is 0.240 e. The molecule has 0 fully saturated rings. The minimum Gasteiger partial charge on any atom is -0.481 e. The zero-order chi connectivity index (χ0) is 13.8. The number of nitrogens with zero attached hydrogens (tertiary/aromatic N) is 3. The molecule has 0 radical (unpaired) electrons. The molecular formula is C14H17N3O2. The Labute approximate surface area is 111 Å². The summed E-state index contributed by atoms with van der Waals surface area (Å²) >= 11 is 0. The van der Waals surface area contributed by atoms with E-state index in [-0.39, 0.29) is 5.91 Å². The summed E-state index contributed by atoms with van der Waals surface area (Å²) in [6, 6.07) is 7.48. The van der Waals surface area contributed by atoms with Crippen molar-refractivity contribution >= 4 is 28.8 Å². The molecule has 1 aromatic carbocycles. The van der Waals surface area contributed by atoms with Crippen LogP contribution in [0.25, 0.3) is 11.0 Å². The number of para-hydroxylation sites is 2. The van der Waals surface area contributed by atoms with E-state index in [0.29, 0.717) is 24.9 Å². The summed E-state index contributed by atoms with van der Waals surface area (Å²) in [5, 5.41) is 0. The van der Waals surface area contributed by atoms with Gasteiger partial charge in [0, 0.05) is 13.3 Å². The molecule has 0 saturated carbocycles. The van der Waals surface area contributed by atoms with Crippen LogP contribution in [0.1, 0.15) is 32.0 Å². The van der Waals surface area contributed by atoms with Gasteiger partial charge in [0.15, 0.2) is 5.90 Å². The van der Waals surface area contributed by atoms with E-state index in [9.17, 15) is 4.79 Å². The number of hydrogen-bond acceptors (Lipinski definition) is 4. The van der Waals surface area contributed by atoms with Gasteiger partial charge in [-0.3, -0.25) is 4.79 Å². The van der Waals surface area contributed by atoms with Crippen molar-refractivity contribution in [2.45, 2.75) is 27.2 Å². The minimum atomic E-state index is -0.112. The number of ether oxygens (including phenoxy) is 1. The molecule has 0 atom stereocenters. The molecule has 5 nitrogen and oxygen atoms in total. The Morgan fingerprint density at radius 2 is 2.11 bits per heavy atom. The number of aromatic nitrogens is 2. The lowest BCUT2D eigenvalue weighted by Gasteiger charge is -2.05. The van der Waals surface area contributed by atoms with Gasteiger partial charge in [-0.2, -0.15) is 4.99 Å². The Kier molecular flexibility index (Phi) is 3.94. The molecule has 0 saturated heterocycles. The first-order valence-electron chi connectivity index (χ1n) is 6.36. The zero-order valence-corrected chi connectivity index (χ0v) is 11.4. The summed E-state index contributed by atoms with van der Waals surface area (Å²) in [7, 11) is 0. The predicted molar refractivity (Wildman–Crippen MR) is 75.0 cm³/mol. The fourth-order valence-electron chi connectivity index (χ4n) is 1.89. The zero-order valence-electron chi connectivity index (χ0n) is 11.4. The number of benzene rings is 1.